The van der Waals surface area contributed by atoms with Crippen LogP contribution >= 0.6 is 11.8 Å². The van der Waals surface area contributed by atoms with Crippen LogP contribution in [0.4, 0.5) is 10.5 Å². The van der Waals surface area contributed by atoms with Crippen LogP contribution in [-0.2, 0) is 9.59 Å². The van der Waals surface area contributed by atoms with Crippen LogP contribution in [0.2, 0.25) is 0 Å². The molecule has 0 spiro atoms. The summed E-state index contributed by atoms with van der Waals surface area (Å²) < 4.78 is 0. The summed E-state index contributed by atoms with van der Waals surface area (Å²) in [5.41, 5.74) is -0.296. The predicted octanol–water partition coefficient (Wildman–Crippen LogP) is 1.68. The Balaban J connectivity index is 2.06. The van der Waals surface area contributed by atoms with Crippen LogP contribution in [0.15, 0.2) is 29.2 Å². The van der Waals surface area contributed by atoms with E-state index < -0.39 is 23.4 Å². The zero-order chi connectivity index (χ0) is 15.6. The summed E-state index contributed by atoms with van der Waals surface area (Å²) in [5, 5.41) is 5.26. The number of benzene rings is 1. The summed E-state index contributed by atoms with van der Waals surface area (Å²) in [4.78, 5) is 37.6. The van der Waals surface area contributed by atoms with E-state index in [0.29, 0.717) is 5.69 Å². The highest BCUT2D eigenvalue weighted by Crippen LogP contribution is 2.24. The molecule has 4 amide bonds. The molecule has 0 aliphatic carbocycles. The van der Waals surface area contributed by atoms with E-state index in [1.807, 2.05) is 24.5 Å². The molecule has 0 aromatic heterocycles. The maximum absolute atomic E-state index is 12.0. The van der Waals surface area contributed by atoms with Gasteiger partial charge < -0.3 is 10.6 Å². The fourth-order valence-electron chi connectivity index (χ4n) is 2.04. The van der Waals surface area contributed by atoms with Crippen LogP contribution in [-0.4, -0.2) is 41.1 Å². The van der Waals surface area contributed by atoms with Gasteiger partial charge >= 0.3 is 6.03 Å². The normalized spacial score (nSPS) is 16.8. The monoisotopic (exact) mass is 307 g/mol. The van der Waals surface area contributed by atoms with E-state index in [4.69, 9.17) is 0 Å². The summed E-state index contributed by atoms with van der Waals surface area (Å²) in [7, 11) is 0. The molecule has 0 bridgehead atoms. The first kappa shape index (κ1) is 15.4. The largest absolute Gasteiger partial charge is 0.325 e. The molecule has 2 N–H and O–H groups in total. The zero-order valence-electron chi connectivity index (χ0n) is 12.1. The van der Waals surface area contributed by atoms with Crippen molar-refractivity contribution in [2.75, 3.05) is 18.1 Å². The standard InChI is InChI=1S/C14H17N3O3S/c1-14(2)12(19)17(13(20)16-14)8-11(18)15-9-6-4-5-7-10(9)21-3/h4-7H,8H2,1-3H3,(H,15,18)(H,16,20). The van der Waals surface area contributed by atoms with Crippen molar-refractivity contribution in [3.05, 3.63) is 24.3 Å². The zero-order valence-corrected chi connectivity index (χ0v) is 12.9. The second-order valence-corrected chi connectivity index (χ2v) is 6.04. The molecule has 1 heterocycles. The molecule has 1 aliphatic heterocycles. The van der Waals surface area contributed by atoms with E-state index in [1.165, 1.54) is 11.8 Å². The van der Waals surface area contributed by atoms with Gasteiger partial charge in [0, 0.05) is 4.90 Å². The summed E-state index contributed by atoms with van der Waals surface area (Å²) in [6, 6.07) is 6.81. The van der Waals surface area contributed by atoms with E-state index in [2.05, 4.69) is 10.6 Å². The van der Waals surface area contributed by atoms with Gasteiger partial charge in [0.2, 0.25) is 5.91 Å². The molecule has 112 valence electrons. The lowest BCUT2D eigenvalue weighted by atomic mass is 10.1. The molecule has 6 nitrogen and oxygen atoms in total. The second kappa shape index (κ2) is 5.77. The van der Waals surface area contributed by atoms with Crippen LogP contribution in [0.25, 0.3) is 0 Å². The molecule has 7 heteroatoms. The molecule has 1 aliphatic rings. The maximum atomic E-state index is 12.0. The van der Waals surface area contributed by atoms with Gasteiger partial charge in [0.05, 0.1) is 5.69 Å². The Bertz CT molecular complexity index is 601. The molecule has 0 radical (unpaired) electrons. The van der Waals surface area contributed by atoms with Crippen LogP contribution in [0.3, 0.4) is 0 Å². The third-order valence-corrected chi connectivity index (χ3v) is 3.92. The molecule has 1 saturated heterocycles. The van der Waals surface area contributed by atoms with E-state index in [0.717, 1.165) is 9.80 Å². The topological polar surface area (TPSA) is 78.5 Å². The highest BCUT2D eigenvalue weighted by molar-refractivity contribution is 7.98. The van der Waals surface area contributed by atoms with E-state index in [9.17, 15) is 14.4 Å². The molecular weight excluding hydrogens is 290 g/mol. The molecule has 0 saturated carbocycles. The fraction of sp³-hybridized carbons (Fsp3) is 0.357. The van der Waals surface area contributed by atoms with Gasteiger partial charge in [0.15, 0.2) is 0 Å². The van der Waals surface area contributed by atoms with Crippen molar-refractivity contribution in [3.8, 4) is 0 Å². The van der Waals surface area contributed by atoms with Gasteiger partial charge in [-0.1, -0.05) is 12.1 Å². The summed E-state index contributed by atoms with van der Waals surface area (Å²) in [5.74, 6) is -0.807. The minimum Gasteiger partial charge on any atom is -0.324 e. The molecule has 0 atom stereocenters. The number of amides is 4. The molecule has 1 aromatic carbocycles. The Labute approximate surface area is 127 Å². The molecular formula is C14H17N3O3S. The highest BCUT2D eigenvalue weighted by Gasteiger charge is 2.44. The van der Waals surface area contributed by atoms with Crippen molar-refractivity contribution < 1.29 is 14.4 Å². The number of hydrogen-bond donors (Lipinski definition) is 2. The predicted molar refractivity (Wildman–Crippen MR) is 81.2 cm³/mol. The highest BCUT2D eigenvalue weighted by atomic mass is 32.2. The summed E-state index contributed by atoms with van der Waals surface area (Å²) >= 11 is 1.51. The molecule has 0 unspecified atom stereocenters. The van der Waals surface area contributed by atoms with Gasteiger partial charge in [0.1, 0.15) is 12.1 Å². The summed E-state index contributed by atoms with van der Waals surface area (Å²) in [6.07, 6.45) is 1.91. The number of nitrogens with one attached hydrogen (secondary N) is 2. The fourth-order valence-corrected chi connectivity index (χ4v) is 2.60. The Kier molecular flexibility index (Phi) is 4.22. The number of hydrogen-bond acceptors (Lipinski definition) is 4. The van der Waals surface area contributed by atoms with Crippen molar-refractivity contribution in [2.24, 2.45) is 0 Å². The number of carbonyl (C=O) groups is 3. The Hall–Kier alpha value is -2.02. The molecule has 1 aromatic rings. The quantitative estimate of drug-likeness (QED) is 0.655. The number of anilines is 1. The summed E-state index contributed by atoms with van der Waals surface area (Å²) in [6.45, 7) is 2.92. The van der Waals surface area contributed by atoms with Crippen molar-refractivity contribution in [1.82, 2.24) is 10.2 Å². The first-order valence-electron chi connectivity index (χ1n) is 6.42. The Morgan fingerprint density at radius 2 is 2.00 bits per heavy atom. The number of carbonyl (C=O) groups excluding carboxylic acids is 3. The van der Waals surface area contributed by atoms with Gasteiger partial charge in [-0.2, -0.15) is 0 Å². The molecule has 2 rings (SSSR count). The average Bonchev–Trinajstić information content (AvgIpc) is 2.61. The number of nitrogens with zero attached hydrogens (tertiary/aromatic N) is 1. The smallest absolute Gasteiger partial charge is 0.324 e. The van der Waals surface area contributed by atoms with Crippen LogP contribution in [0, 0.1) is 0 Å². The average molecular weight is 307 g/mol. The SMILES string of the molecule is CSc1ccccc1NC(=O)CN1C(=O)NC(C)(C)C1=O. The van der Waals surface area contributed by atoms with Crippen molar-refractivity contribution in [3.63, 3.8) is 0 Å². The van der Waals surface area contributed by atoms with E-state index in [1.54, 1.807) is 19.9 Å². The van der Waals surface area contributed by atoms with Crippen molar-refractivity contribution in [1.29, 1.82) is 0 Å². The van der Waals surface area contributed by atoms with Gasteiger partial charge in [-0.3, -0.25) is 14.5 Å². The first-order valence-corrected chi connectivity index (χ1v) is 7.64. The number of urea groups is 1. The number of thioether (sulfide) groups is 1. The Morgan fingerprint density at radius 3 is 2.57 bits per heavy atom. The number of para-hydroxylation sites is 1. The molecule has 1 fully saturated rings. The third-order valence-electron chi connectivity index (χ3n) is 3.13. The minimum absolute atomic E-state index is 0.295. The maximum Gasteiger partial charge on any atom is 0.325 e. The van der Waals surface area contributed by atoms with Gasteiger partial charge in [-0.15, -0.1) is 11.8 Å². The van der Waals surface area contributed by atoms with Gasteiger partial charge in [-0.05, 0) is 32.2 Å². The van der Waals surface area contributed by atoms with Gasteiger partial charge in [-0.25, -0.2) is 4.79 Å². The second-order valence-electron chi connectivity index (χ2n) is 5.19. The van der Waals surface area contributed by atoms with Crippen molar-refractivity contribution in [2.45, 2.75) is 24.3 Å². The Morgan fingerprint density at radius 1 is 1.33 bits per heavy atom. The minimum atomic E-state index is -0.964. The lowest BCUT2D eigenvalue weighted by molar-refractivity contribution is -0.132. The lowest BCUT2D eigenvalue weighted by Crippen LogP contribution is -2.41. The molecule has 21 heavy (non-hydrogen) atoms. The van der Waals surface area contributed by atoms with Crippen LogP contribution in [0.5, 0.6) is 0 Å². The van der Waals surface area contributed by atoms with Gasteiger partial charge in [0.25, 0.3) is 5.91 Å². The van der Waals surface area contributed by atoms with Crippen LogP contribution in [0.1, 0.15) is 13.8 Å². The number of rotatable bonds is 4. The van der Waals surface area contributed by atoms with E-state index >= 15 is 0 Å². The third kappa shape index (κ3) is 3.18. The first-order chi connectivity index (χ1) is 9.85. The van der Waals surface area contributed by atoms with Crippen LogP contribution < -0.4 is 10.6 Å². The van der Waals surface area contributed by atoms with Crippen molar-refractivity contribution >= 4 is 35.3 Å². The lowest BCUT2D eigenvalue weighted by Gasteiger charge is -2.16. The number of imide groups is 1. The van der Waals surface area contributed by atoms with E-state index in [-0.39, 0.29) is 6.54 Å².